The van der Waals surface area contributed by atoms with E-state index in [-0.39, 0.29) is 0 Å². The molecule has 0 aromatic carbocycles. The fraction of sp³-hybridized carbons (Fsp3) is 0.438. The van der Waals surface area contributed by atoms with Gasteiger partial charge in [-0.25, -0.2) is 4.98 Å². The van der Waals surface area contributed by atoms with Gasteiger partial charge in [0.2, 0.25) is 0 Å². The van der Waals surface area contributed by atoms with Crippen LogP contribution < -0.4 is 0 Å². The van der Waals surface area contributed by atoms with E-state index in [2.05, 4.69) is 11.9 Å². The van der Waals surface area contributed by atoms with Crippen molar-refractivity contribution in [3.8, 4) is 0 Å². The molecule has 0 amide bonds. The Morgan fingerprint density at radius 3 is 2.78 bits per heavy atom. The average molecular weight is 374 g/mol. The highest BCUT2D eigenvalue weighted by Crippen LogP contribution is 2.40. The molecular formula is C16H17Cl2NO3S. The van der Waals surface area contributed by atoms with Crippen LogP contribution in [0.5, 0.6) is 0 Å². The van der Waals surface area contributed by atoms with E-state index in [1.807, 2.05) is 12.1 Å². The van der Waals surface area contributed by atoms with Gasteiger partial charge in [-0.2, -0.15) is 0 Å². The molecule has 1 aliphatic heterocycles. The molecule has 1 unspecified atom stereocenters. The number of thiophene rings is 1. The number of nitrogens with zero attached hydrogens (tertiary/aromatic N) is 1. The number of halogens is 2. The van der Waals surface area contributed by atoms with Crippen molar-refractivity contribution in [2.45, 2.75) is 32.2 Å². The van der Waals surface area contributed by atoms with E-state index in [0.717, 1.165) is 23.3 Å². The molecule has 1 atom stereocenters. The van der Waals surface area contributed by atoms with Crippen LogP contribution in [0.15, 0.2) is 18.2 Å². The summed E-state index contributed by atoms with van der Waals surface area (Å²) in [6.45, 7) is 3.21. The number of rotatable bonds is 5. The summed E-state index contributed by atoms with van der Waals surface area (Å²) in [5.74, 6) is 0. The van der Waals surface area contributed by atoms with Crippen LogP contribution in [-0.4, -0.2) is 23.3 Å². The molecule has 124 valence electrons. The molecule has 0 radical (unpaired) electrons. The Morgan fingerprint density at radius 2 is 2.09 bits per heavy atom. The lowest BCUT2D eigenvalue weighted by Gasteiger charge is -2.14. The first kappa shape index (κ1) is 17.1. The van der Waals surface area contributed by atoms with E-state index in [1.165, 1.54) is 11.3 Å². The second-order valence-electron chi connectivity index (χ2n) is 5.28. The van der Waals surface area contributed by atoms with Crippen molar-refractivity contribution in [2.75, 3.05) is 13.2 Å². The van der Waals surface area contributed by atoms with Gasteiger partial charge in [0.25, 0.3) is 0 Å². The van der Waals surface area contributed by atoms with Crippen LogP contribution in [0.1, 0.15) is 47.4 Å². The lowest BCUT2D eigenvalue weighted by atomic mass is 10.0. The van der Waals surface area contributed by atoms with Crippen LogP contribution in [0.3, 0.4) is 0 Å². The number of aliphatic hydroxyl groups excluding tert-OH is 1. The largest absolute Gasteiger partial charge is 0.382 e. The Balaban J connectivity index is 1.93. The molecule has 0 spiro atoms. The Bertz CT molecular complexity index is 686. The molecule has 2 aromatic rings. The zero-order valence-electron chi connectivity index (χ0n) is 12.6. The minimum absolute atomic E-state index is 0.355. The third kappa shape index (κ3) is 3.71. The van der Waals surface area contributed by atoms with Crippen molar-refractivity contribution in [1.29, 1.82) is 0 Å². The highest BCUT2D eigenvalue weighted by atomic mass is 35.5. The minimum Gasteiger partial charge on any atom is -0.382 e. The first-order chi connectivity index (χ1) is 11.1. The van der Waals surface area contributed by atoms with E-state index in [4.69, 9.17) is 32.7 Å². The lowest BCUT2D eigenvalue weighted by molar-refractivity contribution is -0.0414. The van der Waals surface area contributed by atoms with Crippen LogP contribution in [0.25, 0.3) is 0 Å². The van der Waals surface area contributed by atoms with Crippen molar-refractivity contribution in [2.24, 2.45) is 0 Å². The Kier molecular flexibility index (Phi) is 5.57. The molecule has 3 rings (SSSR count). The highest BCUT2D eigenvalue weighted by Gasteiger charge is 2.26. The number of hydrogen-bond acceptors (Lipinski definition) is 5. The van der Waals surface area contributed by atoms with Crippen LogP contribution in [0, 0.1) is 0 Å². The monoisotopic (exact) mass is 373 g/mol. The summed E-state index contributed by atoms with van der Waals surface area (Å²) in [5, 5.41) is 11.1. The van der Waals surface area contributed by atoms with Gasteiger partial charge in [-0.1, -0.05) is 42.6 Å². The van der Waals surface area contributed by atoms with Gasteiger partial charge in [0.05, 0.1) is 28.1 Å². The van der Waals surface area contributed by atoms with Gasteiger partial charge in [0, 0.05) is 5.56 Å². The zero-order chi connectivity index (χ0) is 16.4. The summed E-state index contributed by atoms with van der Waals surface area (Å²) in [6, 6.07) is 5.47. The molecule has 2 aromatic heterocycles. The number of aliphatic hydroxyl groups is 1. The molecule has 1 N–H and O–H groups in total. The molecule has 23 heavy (non-hydrogen) atoms. The van der Waals surface area contributed by atoms with E-state index < -0.39 is 12.4 Å². The van der Waals surface area contributed by atoms with Crippen molar-refractivity contribution >= 4 is 34.5 Å². The standard InChI is InChI=1S/C16H17Cl2NO3S/c1-2-3-9-4-5-12(17)19-13(9)14(20)10-8-11(23-15(10)18)16-21-6-7-22-16/h4-5,8,14,16,20H,2-3,6-7H2,1H3. The van der Waals surface area contributed by atoms with Crippen LogP contribution in [0.2, 0.25) is 9.49 Å². The van der Waals surface area contributed by atoms with Gasteiger partial charge in [0.1, 0.15) is 11.3 Å². The molecule has 1 aliphatic rings. The molecule has 4 nitrogen and oxygen atoms in total. The normalized spacial score (nSPS) is 16.9. The molecular weight excluding hydrogens is 357 g/mol. The summed E-state index contributed by atoms with van der Waals surface area (Å²) in [4.78, 5) is 5.16. The molecule has 7 heteroatoms. The van der Waals surface area contributed by atoms with Crippen LogP contribution in [0.4, 0.5) is 0 Å². The third-order valence-corrected chi connectivity index (χ3v) is 5.26. The molecule has 1 fully saturated rings. The van der Waals surface area contributed by atoms with Crippen molar-refractivity contribution < 1.29 is 14.6 Å². The fourth-order valence-corrected chi connectivity index (χ4v) is 4.06. The number of pyridine rings is 1. The predicted octanol–water partition coefficient (Wildman–Crippen LogP) is 4.53. The van der Waals surface area contributed by atoms with Crippen molar-refractivity contribution in [1.82, 2.24) is 4.98 Å². The summed E-state index contributed by atoms with van der Waals surface area (Å²) in [6.07, 6.45) is 0.449. The molecule has 3 heterocycles. The fourth-order valence-electron chi connectivity index (χ4n) is 2.57. The lowest BCUT2D eigenvalue weighted by Crippen LogP contribution is -2.07. The van der Waals surface area contributed by atoms with Gasteiger partial charge < -0.3 is 14.6 Å². The predicted molar refractivity (Wildman–Crippen MR) is 91.3 cm³/mol. The second-order valence-corrected chi connectivity index (χ2v) is 7.36. The maximum atomic E-state index is 10.8. The van der Waals surface area contributed by atoms with Gasteiger partial charge in [-0.05, 0) is 24.1 Å². The number of aryl methyl sites for hydroxylation is 1. The van der Waals surface area contributed by atoms with E-state index in [1.54, 1.807) is 6.07 Å². The van der Waals surface area contributed by atoms with Gasteiger partial charge in [-0.15, -0.1) is 11.3 Å². The first-order valence-corrected chi connectivity index (χ1v) is 9.03. The highest BCUT2D eigenvalue weighted by molar-refractivity contribution is 7.16. The van der Waals surface area contributed by atoms with Crippen LogP contribution in [-0.2, 0) is 15.9 Å². The quantitative estimate of drug-likeness (QED) is 0.782. The van der Waals surface area contributed by atoms with Crippen molar-refractivity contribution in [3.05, 3.63) is 49.4 Å². The topological polar surface area (TPSA) is 51.6 Å². The average Bonchev–Trinajstić information content (AvgIpc) is 3.18. The smallest absolute Gasteiger partial charge is 0.193 e. The summed E-state index contributed by atoms with van der Waals surface area (Å²) < 4.78 is 11.5. The summed E-state index contributed by atoms with van der Waals surface area (Å²) in [5.41, 5.74) is 2.14. The Morgan fingerprint density at radius 1 is 1.35 bits per heavy atom. The van der Waals surface area contributed by atoms with Crippen molar-refractivity contribution in [3.63, 3.8) is 0 Å². The Hall–Kier alpha value is -0.690. The molecule has 0 bridgehead atoms. The molecule has 0 saturated carbocycles. The molecule has 1 saturated heterocycles. The zero-order valence-corrected chi connectivity index (χ0v) is 14.9. The van der Waals surface area contributed by atoms with Gasteiger partial charge in [-0.3, -0.25) is 0 Å². The Labute approximate surface area is 149 Å². The maximum Gasteiger partial charge on any atom is 0.193 e. The maximum absolute atomic E-state index is 10.8. The van der Waals surface area contributed by atoms with E-state index in [0.29, 0.717) is 34.0 Å². The van der Waals surface area contributed by atoms with Gasteiger partial charge >= 0.3 is 0 Å². The SMILES string of the molecule is CCCc1ccc(Cl)nc1C(O)c1cc(C2OCCO2)sc1Cl. The van der Waals surface area contributed by atoms with Crippen LogP contribution >= 0.6 is 34.5 Å². The van der Waals surface area contributed by atoms with E-state index in [9.17, 15) is 5.11 Å². The minimum atomic E-state index is -0.922. The number of hydrogen-bond donors (Lipinski definition) is 1. The summed E-state index contributed by atoms with van der Waals surface area (Å²) >= 11 is 13.7. The first-order valence-electron chi connectivity index (χ1n) is 7.46. The number of ether oxygens (including phenoxy) is 2. The molecule has 0 aliphatic carbocycles. The number of aromatic nitrogens is 1. The second kappa shape index (κ2) is 7.47. The van der Waals surface area contributed by atoms with E-state index >= 15 is 0 Å². The summed E-state index contributed by atoms with van der Waals surface area (Å²) in [7, 11) is 0. The van der Waals surface area contributed by atoms with Gasteiger partial charge in [0.15, 0.2) is 6.29 Å². The third-order valence-electron chi connectivity index (χ3n) is 3.64.